The van der Waals surface area contributed by atoms with Crippen molar-refractivity contribution in [3.63, 3.8) is 0 Å². The minimum absolute atomic E-state index is 0.328. The summed E-state index contributed by atoms with van der Waals surface area (Å²) in [6.07, 6.45) is 4.78. The van der Waals surface area contributed by atoms with Gasteiger partial charge in [0.2, 0.25) is 0 Å². The van der Waals surface area contributed by atoms with Crippen LogP contribution in [-0.4, -0.2) is 30.4 Å². The van der Waals surface area contributed by atoms with Crippen LogP contribution in [0.25, 0.3) is 0 Å². The molecule has 1 aromatic rings. The van der Waals surface area contributed by atoms with Crippen molar-refractivity contribution in [2.45, 2.75) is 44.8 Å². The molecule has 0 spiro atoms. The highest BCUT2D eigenvalue weighted by atomic mass is 32.1. The Bertz CT molecular complexity index is 404. The van der Waals surface area contributed by atoms with Crippen molar-refractivity contribution >= 4 is 17.3 Å². The van der Waals surface area contributed by atoms with Crippen LogP contribution >= 0.6 is 12.2 Å². The Morgan fingerprint density at radius 1 is 1.40 bits per heavy atom. The number of thiocarbonyl (C=S) groups is 1. The van der Waals surface area contributed by atoms with Crippen LogP contribution in [-0.2, 0) is 11.2 Å². The molecule has 2 atom stereocenters. The number of benzene rings is 1. The molecule has 0 saturated carbocycles. The Hall–Kier alpha value is -1.13. The monoisotopic (exact) mass is 292 g/mol. The van der Waals surface area contributed by atoms with E-state index in [1.54, 1.807) is 0 Å². The Morgan fingerprint density at radius 2 is 2.20 bits per heavy atom. The van der Waals surface area contributed by atoms with Crippen molar-refractivity contribution < 1.29 is 4.74 Å². The minimum atomic E-state index is 0.328. The second-order valence-electron chi connectivity index (χ2n) is 5.41. The molecule has 1 saturated heterocycles. The fraction of sp³-hybridized carbons (Fsp3) is 0.562. The van der Waals surface area contributed by atoms with Crippen LogP contribution in [0.4, 0.5) is 0 Å². The van der Waals surface area contributed by atoms with Gasteiger partial charge >= 0.3 is 0 Å². The van der Waals surface area contributed by atoms with Crippen molar-refractivity contribution in [1.29, 1.82) is 0 Å². The van der Waals surface area contributed by atoms with E-state index in [-0.39, 0.29) is 0 Å². The Morgan fingerprint density at radius 3 is 2.90 bits per heavy atom. The lowest BCUT2D eigenvalue weighted by atomic mass is 10.1. The van der Waals surface area contributed by atoms with Gasteiger partial charge in [0.25, 0.3) is 0 Å². The first-order valence-electron chi connectivity index (χ1n) is 7.44. The largest absolute Gasteiger partial charge is 0.376 e. The molecule has 0 radical (unpaired) electrons. The zero-order valence-corrected chi connectivity index (χ0v) is 12.9. The smallest absolute Gasteiger partial charge is 0.166 e. The summed E-state index contributed by atoms with van der Waals surface area (Å²) < 4.78 is 5.56. The second kappa shape index (κ2) is 8.22. The third kappa shape index (κ3) is 5.47. The van der Waals surface area contributed by atoms with Crippen molar-refractivity contribution in [2.75, 3.05) is 13.2 Å². The molecule has 1 aliphatic rings. The molecular formula is C16H24N2OS. The second-order valence-corrected chi connectivity index (χ2v) is 5.82. The van der Waals surface area contributed by atoms with Crippen molar-refractivity contribution in [3.05, 3.63) is 35.9 Å². The molecule has 4 heteroatoms. The van der Waals surface area contributed by atoms with E-state index in [9.17, 15) is 0 Å². The van der Waals surface area contributed by atoms with Gasteiger partial charge in [-0.25, -0.2) is 0 Å². The average Bonchev–Trinajstić information content (AvgIpc) is 2.97. The first kappa shape index (κ1) is 15.3. The molecular weight excluding hydrogens is 268 g/mol. The first-order valence-corrected chi connectivity index (χ1v) is 7.85. The number of aryl methyl sites for hydroxylation is 1. The van der Waals surface area contributed by atoms with E-state index in [1.807, 2.05) is 0 Å². The summed E-state index contributed by atoms with van der Waals surface area (Å²) >= 11 is 5.32. The van der Waals surface area contributed by atoms with Gasteiger partial charge in [0.15, 0.2) is 5.11 Å². The van der Waals surface area contributed by atoms with Gasteiger partial charge in [-0.3, -0.25) is 0 Å². The molecule has 1 aliphatic heterocycles. The molecule has 1 aromatic carbocycles. The van der Waals surface area contributed by atoms with Crippen LogP contribution in [0.15, 0.2) is 30.3 Å². The summed E-state index contributed by atoms with van der Waals surface area (Å²) in [4.78, 5) is 0. The molecule has 20 heavy (non-hydrogen) atoms. The van der Waals surface area contributed by atoms with E-state index < -0.39 is 0 Å². The van der Waals surface area contributed by atoms with Gasteiger partial charge in [0, 0.05) is 19.2 Å². The standard InChI is InChI=1S/C16H24N2OS/c1-13(9-10-14-6-3-2-4-7-14)18-16(20)17-12-15-8-5-11-19-15/h2-4,6-7,13,15H,5,8-12H2,1H3,(H2,17,18,20). The van der Waals surface area contributed by atoms with E-state index in [2.05, 4.69) is 47.9 Å². The van der Waals surface area contributed by atoms with Gasteiger partial charge in [0.1, 0.15) is 0 Å². The molecule has 3 nitrogen and oxygen atoms in total. The molecule has 110 valence electrons. The van der Waals surface area contributed by atoms with Gasteiger partial charge in [-0.15, -0.1) is 0 Å². The molecule has 0 aliphatic carbocycles. The summed E-state index contributed by atoms with van der Waals surface area (Å²) in [5.74, 6) is 0. The molecule has 1 heterocycles. The van der Waals surface area contributed by atoms with Crippen LogP contribution in [0.5, 0.6) is 0 Å². The van der Waals surface area contributed by atoms with Gasteiger partial charge in [-0.1, -0.05) is 30.3 Å². The van der Waals surface area contributed by atoms with Gasteiger partial charge in [-0.2, -0.15) is 0 Å². The lowest BCUT2D eigenvalue weighted by molar-refractivity contribution is 0.114. The van der Waals surface area contributed by atoms with E-state index >= 15 is 0 Å². The maximum Gasteiger partial charge on any atom is 0.166 e. The fourth-order valence-corrected chi connectivity index (χ4v) is 2.67. The van der Waals surface area contributed by atoms with Crippen molar-refractivity contribution in [3.8, 4) is 0 Å². The SMILES string of the molecule is CC(CCc1ccccc1)NC(=S)NCC1CCCO1. The van der Waals surface area contributed by atoms with Gasteiger partial charge in [0.05, 0.1) is 6.10 Å². The molecule has 0 amide bonds. The predicted octanol–water partition coefficient (Wildman–Crippen LogP) is 2.65. The topological polar surface area (TPSA) is 33.3 Å². The van der Waals surface area contributed by atoms with Crippen molar-refractivity contribution in [1.82, 2.24) is 10.6 Å². The Kier molecular flexibility index (Phi) is 6.27. The highest BCUT2D eigenvalue weighted by Gasteiger charge is 2.15. The van der Waals surface area contributed by atoms with Crippen molar-refractivity contribution in [2.24, 2.45) is 0 Å². The normalized spacial score (nSPS) is 19.6. The highest BCUT2D eigenvalue weighted by Crippen LogP contribution is 2.10. The number of hydrogen-bond donors (Lipinski definition) is 2. The zero-order chi connectivity index (χ0) is 14.2. The molecule has 0 bridgehead atoms. The number of ether oxygens (including phenoxy) is 1. The Labute approximate surface area is 127 Å². The summed E-state index contributed by atoms with van der Waals surface area (Å²) in [6, 6.07) is 10.9. The molecule has 1 fully saturated rings. The lowest BCUT2D eigenvalue weighted by Gasteiger charge is -2.18. The third-order valence-corrected chi connectivity index (χ3v) is 3.86. The van der Waals surface area contributed by atoms with Crippen LogP contribution in [0.1, 0.15) is 31.7 Å². The average molecular weight is 292 g/mol. The predicted molar refractivity (Wildman–Crippen MR) is 86.9 cm³/mol. The summed E-state index contributed by atoms with van der Waals surface area (Å²) in [5, 5.41) is 7.32. The number of hydrogen-bond acceptors (Lipinski definition) is 2. The third-order valence-electron chi connectivity index (χ3n) is 3.60. The maximum atomic E-state index is 5.56. The first-order chi connectivity index (χ1) is 9.74. The van der Waals surface area contributed by atoms with Gasteiger partial charge < -0.3 is 15.4 Å². The molecule has 2 rings (SSSR count). The van der Waals surface area contributed by atoms with E-state index in [1.165, 1.54) is 12.0 Å². The quantitative estimate of drug-likeness (QED) is 0.790. The zero-order valence-electron chi connectivity index (χ0n) is 12.1. The summed E-state index contributed by atoms with van der Waals surface area (Å²) in [5.41, 5.74) is 1.37. The maximum absolute atomic E-state index is 5.56. The highest BCUT2D eigenvalue weighted by molar-refractivity contribution is 7.80. The lowest BCUT2D eigenvalue weighted by Crippen LogP contribution is -2.43. The van der Waals surface area contributed by atoms with Crippen LogP contribution in [0.3, 0.4) is 0 Å². The molecule has 2 unspecified atom stereocenters. The van der Waals surface area contributed by atoms with Crippen LogP contribution < -0.4 is 10.6 Å². The Balaban J connectivity index is 1.60. The summed E-state index contributed by atoms with van der Waals surface area (Å²) in [7, 11) is 0. The summed E-state index contributed by atoms with van der Waals surface area (Å²) in [6.45, 7) is 3.88. The minimum Gasteiger partial charge on any atom is -0.376 e. The number of nitrogens with one attached hydrogen (secondary N) is 2. The molecule has 0 aromatic heterocycles. The van der Waals surface area contributed by atoms with E-state index in [0.717, 1.165) is 37.5 Å². The van der Waals surface area contributed by atoms with E-state index in [4.69, 9.17) is 17.0 Å². The van der Waals surface area contributed by atoms with Crippen LogP contribution in [0.2, 0.25) is 0 Å². The fourth-order valence-electron chi connectivity index (χ4n) is 2.39. The number of rotatable bonds is 6. The molecule has 2 N–H and O–H groups in total. The van der Waals surface area contributed by atoms with Crippen LogP contribution in [0, 0.1) is 0 Å². The van der Waals surface area contributed by atoms with E-state index in [0.29, 0.717) is 12.1 Å². The van der Waals surface area contributed by atoms with Gasteiger partial charge in [-0.05, 0) is 50.4 Å².